The van der Waals surface area contributed by atoms with Crippen LogP contribution in [0.15, 0.2) is 18.2 Å². The number of fused-ring (bicyclic) bond motifs is 4. The number of phenolic OH excluding ortho intramolecular Hbond substituents is 1. The minimum Gasteiger partial charge on any atom is -0.504 e. The lowest BCUT2D eigenvalue weighted by molar-refractivity contribution is 0.174. The molecule has 132 valence electrons. The molecule has 2 heterocycles. The molecule has 6 heteroatoms. The molecule has 25 heavy (non-hydrogen) atoms. The highest BCUT2D eigenvalue weighted by Gasteiger charge is 2.39. The van der Waals surface area contributed by atoms with E-state index in [0.29, 0.717) is 11.8 Å². The van der Waals surface area contributed by atoms with E-state index in [1.54, 1.807) is 7.11 Å². The van der Waals surface area contributed by atoms with E-state index in [9.17, 15) is 5.11 Å². The van der Waals surface area contributed by atoms with Gasteiger partial charge in [0.25, 0.3) is 0 Å². The number of likely N-dealkylation sites (N-methyl/N-ethyl adjacent to an activating group) is 1. The molecule has 1 unspecified atom stereocenters. The van der Waals surface area contributed by atoms with E-state index in [2.05, 4.69) is 18.0 Å². The van der Waals surface area contributed by atoms with Crippen LogP contribution in [0.5, 0.6) is 23.0 Å². The van der Waals surface area contributed by atoms with E-state index in [4.69, 9.17) is 14.2 Å². The molecule has 2 aromatic carbocycles. The quantitative estimate of drug-likeness (QED) is 0.844. The minimum atomic E-state index is 0. The molecule has 1 aliphatic carbocycles. The van der Waals surface area contributed by atoms with Gasteiger partial charge in [-0.2, -0.15) is 0 Å². The van der Waals surface area contributed by atoms with Crippen LogP contribution in [0.4, 0.5) is 0 Å². The maximum atomic E-state index is 10.8. The van der Waals surface area contributed by atoms with E-state index in [1.807, 2.05) is 12.1 Å². The van der Waals surface area contributed by atoms with Crippen molar-refractivity contribution in [3.8, 4) is 34.1 Å². The van der Waals surface area contributed by atoms with Gasteiger partial charge in [-0.3, -0.25) is 4.90 Å². The predicted molar refractivity (Wildman–Crippen MR) is 96.2 cm³/mol. The highest BCUT2D eigenvalue weighted by Crippen LogP contribution is 2.56. The summed E-state index contributed by atoms with van der Waals surface area (Å²) < 4.78 is 16.8. The highest BCUT2D eigenvalue weighted by molar-refractivity contribution is 5.88. The SMILES string of the molecule is COc1ccc2c(c1O)-c1c3c(cc4c1C(C2)N(C)CC4)OCO3.Cl. The smallest absolute Gasteiger partial charge is 0.231 e. The molecule has 0 amide bonds. The normalized spacial score (nSPS) is 19.7. The Hall–Kier alpha value is -2.11. The zero-order chi connectivity index (χ0) is 16.4. The minimum absolute atomic E-state index is 0. The van der Waals surface area contributed by atoms with Crippen LogP contribution >= 0.6 is 12.4 Å². The summed E-state index contributed by atoms with van der Waals surface area (Å²) >= 11 is 0. The third kappa shape index (κ3) is 2.12. The zero-order valence-electron chi connectivity index (χ0n) is 14.2. The van der Waals surface area contributed by atoms with Gasteiger partial charge in [-0.25, -0.2) is 0 Å². The number of phenols is 1. The first kappa shape index (κ1) is 16.4. The van der Waals surface area contributed by atoms with Crippen LogP contribution in [-0.2, 0) is 12.8 Å². The Morgan fingerprint density at radius 3 is 2.84 bits per heavy atom. The number of ether oxygens (including phenoxy) is 3. The second-order valence-corrected chi connectivity index (χ2v) is 6.66. The Kier molecular flexibility index (Phi) is 3.74. The van der Waals surface area contributed by atoms with Crippen LogP contribution in [0.2, 0.25) is 0 Å². The molecule has 0 fully saturated rings. The number of benzene rings is 2. The predicted octanol–water partition coefficient (Wildman–Crippen LogP) is 3.30. The van der Waals surface area contributed by atoms with Crippen LogP contribution in [0, 0.1) is 0 Å². The summed E-state index contributed by atoms with van der Waals surface area (Å²) in [7, 11) is 3.74. The van der Waals surface area contributed by atoms with Gasteiger partial charge in [0.15, 0.2) is 23.0 Å². The number of hydrogen-bond acceptors (Lipinski definition) is 5. The first-order valence-electron chi connectivity index (χ1n) is 8.24. The topological polar surface area (TPSA) is 51.2 Å². The van der Waals surface area contributed by atoms with Crippen molar-refractivity contribution in [3.05, 3.63) is 34.9 Å². The molecular formula is C19H20ClNO4. The third-order valence-electron chi connectivity index (χ3n) is 5.50. The summed E-state index contributed by atoms with van der Waals surface area (Å²) in [6, 6.07) is 6.31. The molecular weight excluding hydrogens is 342 g/mol. The van der Waals surface area contributed by atoms with Crippen molar-refractivity contribution in [2.75, 3.05) is 27.5 Å². The molecule has 0 radical (unpaired) electrons. The lowest BCUT2D eigenvalue weighted by atomic mass is 9.76. The second kappa shape index (κ2) is 5.71. The molecule has 0 saturated heterocycles. The second-order valence-electron chi connectivity index (χ2n) is 6.66. The molecule has 1 N–H and O–H groups in total. The molecule has 0 bridgehead atoms. The largest absolute Gasteiger partial charge is 0.504 e. The molecule has 3 aliphatic rings. The summed E-state index contributed by atoms with van der Waals surface area (Å²) in [5.41, 5.74) is 5.50. The van der Waals surface area contributed by atoms with E-state index >= 15 is 0 Å². The van der Waals surface area contributed by atoms with Crippen LogP contribution in [0.1, 0.15) is 22.7 Å². The first-order chi connectivity index (χ1) is 11.7. The maximum absolute atomic E-state index is 10.8. The van der Waals surface area contributed by atoms with Crippen LogP contribution in [-0.4, -0.2) is 37.5 Å². The fourth-order valence-corrected chi connectivity index (χ4v) is 4.31. The van der Waals surface area contributed by atoms with Gasteiger partial charge >= 0.3 is 0 Å². The number of hydrogen-bond donors (Lipinski definition) is 1. The fraction of sp³-hybridized carbons (Fsp3) is 0.368. The van der Waals surface area contributed by atoms with E-state index in [1.165, 1.54) is 11.1 Å². The Morgan fingerprint density at radius 1 is 1.20 bits per heavy atom. The lowest BCUT2D eigenvalue weighted by Crippen LogP contribution is -2.35. The number of methoxy groups -OCH3 is 1. The number of nitrogens with zero attached hydrogens (tertiary/aromatic N) is 1. The van der Waals surface area contributed by atoms with Gasteiger partial charge < -0.3 is 19.3 Å². The lowest BCUT2D eigenvalue weighted by Gasteiger charge is -2.40. The van der Waals surface area contributed by atoms with Gasteiger partial charge in [0.05, 0.1) is 7.11 Å². The van der Waals surface area contributed by atoms with E-state index in [-0.39, 0.29) is 24.9 Å². The van der Waals surface area contributed by atoms with Gasteiger partial charge in [0.1, 0.15) is 0 Å². The Labute approximate surface area is 152 Å². The fourth-order valence-electron chi connectivity index (χ4n) is 4.31. The number of halogens is 1. The molecule has 2 aliphatic heterocycles. The summed E-state index contributed by atoms with van der Waals surface area (Å²) in [6.45, 7) is 1.25. The molecule has 0 saturated carbocycles. The van der Waals surface area contributed by atoms with Crippen LogP contribution < -0.4 is 14.2 Å². The van der Waals surface area contributed by atoms with Gasteiger partial charge in [0, 0.05) is 23.7 Å². The van der Waals surface area contributed by atoms with Crippen molar-refractivity contribution in [3.63, 3.8) is 0 Å². The van der Waals surface area contributed by atoms with Crippen molar-refractivity contribution in [1.29, 1.82) is 0 Å². The Bertz CT molecular complexity index is 867. The summed E-state index contributed by atoms with van der Waals surface area (Å²) in [4.78, 5) is 2.39. The van der Waals surface area contributed by atoms with Crippen molar-refractivity contribution in [2.45, 2.75) is 18.9 Å². The molecule has 2 aromatic rings. The molecule has 0 spiro atoms. The molecule has 1 atom stereocenters. The van der Waals surface area contributed by atoms with Gasteiger partial charge in [-0.1, -0.05) is 6.07 Å². The van der Waals surface area contributed by atoms with Gasteiger partial charge in [0.2, 0.25) is 6.79 Å². The Morgan fingerprint density at radius 2 is 2.04 bits per heavy atom. The van der Waals surface area contributed by atoms with Gasteiger partial charge in [-0.15, -0.1) is 12.4 Å². The molecule has 5 rings (SSSR count). The highest BCUT2D eigenvalue weighted by atomic mass is 35.5. The average Bonchev–Trinajstić information content (AvgIpc) is 3.06. The third-order valence-corrected chi connectivity index (χ3v) is 5.50. The van der Waals surface area contributed by atoms with Gasteiger partial charge in [-0.05, 0) is 48.7 Å². The van der Waals surface area contributed by atoms with Crippen molar-refractivity contribution < 1.29 is 19.3 Å². The van der Waals surface area contributed by atoms with E-state index in [0.717, 1.165) is 47.6 Å². The Balaban J connectivity index is 0.00000157. The first-order valence-corrected chi connectivity index (χ1v) is 8.24. The monoisotopic (exact) mass is 361 g/mol. The molecule has 5 nitrogen and oxygen atoms in total. The summed E-state index contributed by atoms with van der Waals surface area (Å²) in [6.07, 6.45) is 1.86. The number of rotatable bonds is 1. The molecule has 0 aromatic heterocycles. The van der Waals surface area contributed by atoms with Crippen molar-refractivity contribution in [1.82, 2.24) is 4.90 Å². The van der Waals surface area contributed by atoms with Crippen LogP contribution in [0.3, 0.4) is 0 Å². The standard InChI is InChI=1S/C19H19NO4.ClH/c1-20-6-5-11-8-14-19(24-9-23-14)17-15(11)12(20)7-10-3-4-13(22-2)18(21)16(10)17;/h3-4,8,12,21H,5-7,9H2,1-2H3;1H. The summed E-state index contributed by atoms with van der Waals surface area (Å²) in [5, 5.41) is 10.8. The van der Waals surface area contributed by atoms with Crippen molar-refractivity contribution >= 4 is 12.4 Å². The zero-order valence-corrected chi connectivity index (χ0v) is 15.0. The summed E-state index contributed by atoms with van der Waals surface area (Å²) in [5.74, 6) is 2.20. The maximum Gasteiger partial charge on any atom is 0.231 e. The van der Waals surface area contributed by atoms with E-state index < -0.39 is 0 Å². The average molecular weight is 362 g/mol. The van der Waals surface area contributed by atoms with Crippen molar-refractivity contribution in [2.24, 2.45) is 0 Å². The van der Waals surface area contributed by atoms with Crippen LogP contribution in [0.25, 0.3) is 11.1 Å². The number of aromatic hydroxyl groups is 1.